The number of ether oxygens (including phenoxy) is 1. The van der Waals surface area contributed by atoms with Gasteiger partial charge >= 0.3 is 0 Å². The third-order valence-electron chi connectivity index (χ3n) is 2.35. The molecule has 0 bridgehead atoms. The zero-order valence-electron chi connectivity index (χ0n) is 11.1. The van der Waals surface area contributed by atoms with E-state index in [0.29, 0.717) is 12.5 Å². The number of anilines is 1. The Morgan fingerprint density at radius 1 is 1.18 bits per heavy atom. The van der Waals surface area contributed by atoms with Gasteiger partial charge in [-0.05, 0) is 19.8 Å². The molecule has 0 unspecified atom stereocenters. The van der Waals surface area contributed by atoms with Crippen molar-refractivity contribution in [3.05, 3.63) is 11.9 Å². The van der Waals surface area contributed by atoms with Crippen molar-refractivity contribution in [3.63, 3.8) is 0 Å². The molecule has 1 heterocycles. The minimum absolute atomic E-state index is 0.636. The maximum Gasteiger partial charge on any atom is 0.218 e. The lowest BCUT2D eigenvalue weighted by molar-refractivity contribution is 0.325. The van der Waals surface area contributed by atoms with Crippen molar-refractivity contribution in [1.82, 2.24) is 9.97 Å². The van der Waals surface area contributed by atoms with Gasteiger partial charge in [-0.2, -0.15) is 4.98 Å². The van der Waals surface area contributed by atoms with Crippen LogP contribution >= 0.6 is 0 Å². The molecule has 1 rings (SSSR count). The van der Waals surface area contributed by atoms with Gasteiger partial charge in [0.05, 0.1) is 6.61 Å². The lowest BCUT2D eigenvalue weighted by Crippen LogP contribution is -2.07. The molecule has 0 radical (unpaired) electrons. The van der Waals surface area contributed by atoms with Crippen LogP contribution in [-0.2, 0) is 6.42 Å². The highest BCUT2D eigenvalue weighted by molar-refractivity contribution is 5.38. The van der Waals surface area contributed by atoms with Crippen LogP contribution < -0.4 is 10.1 Å². The van der Waals surface area contributed by atoms with Crippen LogP contribution in [0.25, 0.3) is 0 Å². The molecule has 0 fully saturated rings. The van der Waals surface area contributed by atoms with Crippen LogP contribution in [0.3, 0.4) is 0 Å². The fourth-order valence-corrected chi connectivity index (χ4v) is 1.51. The number of nitrogens with one attached hydrogen (secondary N) is 1. The Labute approximate surface area is 104 Å². The second-order valence-electron chi connectivity index (χ2n) is 3.97. The number of rotatable bonds is 8. The van der Waals surface area contributed by atoms with Crippen LogP contribution in [0.2, 0.25) is 0 Å². The van der Waals surface area contributed by atoms with Gasteiger partial charge < -0.3 is 10.1 Å². The van der Waals surface area contributed by atoms with E-state index in [4.69, 9.17) is 4.74 Å². The lowest BCUT2D eigenvalue weighted by Gasteiger charge is -2.09. The second kappa shape index (κ2) is 7.87. The third-order valence-corrected chi connectivity index (χ3v) is 2.35. The summed E-state index contributed by atoms with van der Waals surface area (Å²) in [7, 11) is 0. The van der Waals surface area contributed by atoms with Crippen molar-refractivity contribution in [2.24, 2.45) is 0 Å². The molecule has 0 spiro atoms. The normalized spacial score (nSPS) is 10.3. The van der Waals surface area contributed by atoms with E-state index in [1.807, 2.05) is 13.0 Å². The van der Waals surface area contributed by atoms with Gasteiger partial charge in [0.15, 0.2) is 0 Å². The Hall–Kier alpha value is -1.32. The van der Waals surface area contributed by atoms with E-state index in [1.165, 1.54) is 6.42 Å². The molecule has 96 valence electrons. The number of aromatic nitrogens is 2. The van der Waals surface area contributed by atoms with Gasteiger partial charge in [-0.15, -0.1) is 0 Å². The van der Waals surface area contributed by atoms with E-state index in [2.05, 4.69) is 29.1 Å². The fourth-order valence-electron chi connectivity index (χ4n) is 1.51. The summed E-state index contributed by atoms with van der Waals surface area (Å²) in [6.45, 7) is 7.85. The van der Waals surface area contributed by atoms with Crippen LogP contribution in [0.15, 0.2) is 6.07 Å². The van der Waals surface area contributed by atoms with Crippen molar-refractivity contribution in [2.75, 3.05) is 18.5 Å². The zero-order chi connectivity index (χ0) is 12.5. The van der Waals surface area contributed by atoms with E-state index in [-0.39, 0.29) is 0 Å². The van der Waals surface area contributed by atoms with Gasteiger partial charge in [0, 0.05) is 19.0 Å². The van der Waals surface area contributed by atoms with Gasteiger partial charge in [-0.1, -0.05) is 20.3 Å². The first kappa shape index (κ1) is 13.7. The summed E-state index contributed by atoms with van der Waals surface area (Å²) in [5.74, 6) is 2.41. The molecule has 1 aromatic rings. The van der Waals surface area contributed by atoms with Crippen LogP contribution in [0.5, 0.6) is 5.88 Å². The van der Waals surface area contributed by atoms with Gasteiger partial charge in [-0.3, -0.25) is 0 Å². The highest BCUT2D eigenvalue weighted by Crippen LogP contribution is 2.14. The molecule has 0 aliphatic rings. The summed E-state index contributed by atoms with van der Waals surface area (Å²) in [5, 5.41) is 3.31. The van der Waals surface area contributed by atoms with Crippen LogP contribution in [0.1, 0.15) is 45.9 Å². The molecule has 0 aliphatic carbocycles. The molecule has 0 saturated carbocycles. The summed E-state index contributed by atoms with van der Waals surface area (Å²) >= 11 is 0. The number of hydrogen-bond donors (Lipinski definition) is 1. The molecular weight excluding hydrogens is 214 g/mol. The maximum absolute atomic E-state index is 5.45. The molecule has 0 aromatic carbocycles. The van der Waals surface area contributed by atoms with E-state index in [9.17, 15) is 0 Å². The highest BCUT2D eigenvalue weighted by Gasteiger charge is 2.04. The number of hydrogen-bond acceptors (Lipinski definition) is 4. The first-order valence-electron chi connectivity index (χ1n) is 6.54. The van der Waals surface area contributed by atoms with Crippen molar-refractivity contribution >= 4 is 5.82 Å². The third kappa shape index (κ3) is 5.02. The zero-order valence-corrected chi connectivity index (χ0v) is 11.1. The fraction of sp³-hybridized carbons (Fsp3) is 0.692. The second-order valence-corrected chi connectivity index (χ2v) is 3.97. The standard InChI is InChI=1S/C13H23N3O/c1-4-7-9-14-12-10-13(17-6-3)16-11(15-12)8-5-2/h10H,4-9H2,1-3H3,(H,14,15,16). The molecule has 4 nitrogen and oxygen atoms in total. The first-order chi connectivity index (χ1) is 8.30. The predicted octanol–water partition coefficient (Wildman–Crippen LogP) is 3.04. The van der Waals surface area contributed by atoms with Gasteiger partial charge in [-0.25, -0.2) is 4.98 Å². The average molecular weight is 237 g/mol. The lowest BCUT2D eigenvalue weighted by atomic mass is 10.3. The Morgan fingerprint density at radius 3 is 2.65 bits per heavy atom. The Balaban J connectivity index is 2.72. The van der Waals surface area contributed by atoms with Crippen molar-refractivity contribution in [3.8, 4) is 5.88 Å². The predicted molar refractivity (Wildman–Crippen MR) is 70.6 cm³/mol. The van der Waals surface area contributed by atoms with Crippen molar-refractivity contribution in [1.29, 1.82) is 0 Å². The summed E-state index contributed by atoms with van der Waals surface area (Å²) in [6, 6.07) is 1.87. The van der Waals surface area contributed by atoms with E-state index >= 15 is 0 Å². The molecule has 17 heavy (non-hydrogen) atoms. The summed E-state index contributed by atoms with van der Waals surface area (Å²) in [4.78, 5) is 8.84. The number of nitrogens with zero attached hydrogens (tertiary/aromatic N) is 2. The molecule has 0 aliphatic heterocycles. The molecule has 4 heteroatoms. The Kier molecular flexibility index (Phi) is 6.37. The SMILES string of the molecule is CCCCNc1cc(OCC)nc(CCC)n1. The van der Waals surface area contributed by atoms with E-state index < -0.39 is 0 Å². The number of unbranched alkanes of at least 4 members (excludes halogenated alkanes) is 1. The minimum Gasteiger partial charge on any atom is -0.478 e. The summed E-state index contributed by atoms with van der Waals surface area (Å²) in [5.41, 5.74) is 0. The molecule has 1 aromatic heterocycles. The maximum atomic E-state index is 5.45. The van der Waals surface area contributed by atoms with Gasteiger partial charge in [0.2, 0.25) is 5.88 Å². The Bertz CT molecular complexity index is 304. The highest BCUT2D eigenvalue weighted by atomic mass is 16.5. The van der Waals surface area contributed by atoms with Crippen LogP contribution in [0, 0.1) is 0 Å². The molecule has 0 atom stereocenters. The average Bonchev–Trinajstić information content (AvgIpc) is 2.30. The summed E-state index contributed by atoms with van der Waals surface area (Å²) < 4.78 is 5.45. The van der Waals surface area contributed by atoms with Gasteiger partial charge in [0.25, 0.3) is 0 Å². The topological polar surface area (TPSA) is 47.0 Å². The van der Waals surface area contributed by atoms with Gasteiger partial charge in [0.1, 0.15) is 11.6 Å². The molecule has 0 saturated heterocycles. The summed E-state index contributed by atoms with van der Waals surface area (Å²) in [6.07, 6.45) is 4.27. The van der Waals surface area contributed by atoms with Crippen LogP contribution in [0.4, 0.5) is 5.82 Å². The quantitative estimate of drug-likeness (QED) is 0.706. The smallest absolute Gasteiger partial charge is 0.218 e. The van der Waals surface area contributed by atoms with Crippen molar-refractivity contribution in [2.45, 2.75) is 46.5 Å². The molecular formula is C13H23N3O. The minimum atomic E-state index is 0.636. The Morgan fingerprint density at radius 2 is 2.00 bits per heavy atom. The van der Waals surface area contributed by atoms with E-state index in [0.717, 1.165) is 37.4 Å². The number of aryl methyl sites for hydroxylation is 1. The first-order valence-corrected chi connectivity index (χ1v) is 6.54. The molecule has 1 N–H and O–H groups in total. The van der Waals surface area contributed by atoms with E-state index in [1.54, 1.807) is 0 Å². The monoisotopic (exact) mass is 237 g/mol. The molecule has 0 amide bonds. The van der Waals surface area contributed by atoms with Crippen LogP contribution in [-0.4, -0.2) is 23.1 Å². The van der Waals surface area contributed by atoms with Crippen molar-refractivity contribution < 1.29 is 4.74 Å². The largest absolute Gasteiger partial charge is 0.478 e.